The van der Waals surface area contributed by atoms with Gasteiger partial charge in [0.15, 0.2) is 11.2 Å². The zero-order valence-electron chi connectivity index (χ0n) is 21.5. The quantitative estimate of drug-likeness (QED) is 0.532. The molecule has 1 fully saturated rings. The topological polar surface area (TPSA) is 97.7 Å². The molecule has 1 aliphatic heterocycles. The standard InChI is InChI=1S/C29H31NO7/c1-30(2)27(32)23-24(17-9-7-6-8-10-17)29(18-11-13-19(34-3)14-12-18)28(33,26(23)31)25-21(36-5)15-20(35-4)16-22(25)37-29/h6-16,23-24,26,31,33H,1-5H3/t23-,24-,26-,28+,29?/m1/s1. The van der Waals surface area contributed by atoms with Gasteiger partial charge in [0.25, 0.3) is 0 Å². The SMILES string of the molecule is COc1ccc(C23Oc4cc(OC)cc(OC)c4[C@]2(O)[C@H](O)[C@H](C(=O)N(C)C)[C@H]3c2ccccc2)cc1. The molecule has 2 N–H and O–H groups in total. The molecule has 3 aromatic carbocycles. The van der Waals surface area contributed by atoms with Crippen molar-refractivity contribution in [2.75, 3.05) is 35.4 Å². The van der Waals surface area contributed by atoms with Crippen molar-refractivity contribution in [3.63, 3.8) is 0 Å². The van der Waals surface area contributed by atoms with E-state index in [2.05, 4.69) is 0 Å². The first-order chi connectivity index (χ1) is 17.7. The number of aliphatic hydroxyl groups excluding tert-OH is 1. The molecular weight excluding hydrogens is 474 g/mol. The molecule has 0 aromatic heterocycles. The molecule has 0 saturated heterocycles. The predicted molar refractivity (Wildman–Crippen MR) is 136 cm³/mol. The minimum absolute atomic E-state index is 0.272. The Hall–Kier alpha value is -3.75. The molecule has 0 radical (unpaired) electrons. The van der Waals surface area contributed by atoms with Gasteiger partial charge in [-0.05, 0) is 23.3 Å². The molecule has 0 spiro atoms. The maximum absolute atomic E-state index is 13.7. The molecule has 8 heteroatoms. The maximum Gasteiger partial charge on any atom is 0.228 e. The highest BCUT2D eigenvalue weighted by Crippen LogP contribution is 2.70. The maximum atomic E-state index is 13.7. The van der Waals surface area contributed by atoms with E-state index in [0.717, 1.165) is 5.56 Å². The Kier molecular flexibility index (Phi) is 6.04. The molecule has 1 saturated carbocycles. The summed E-state index contributed by atoms with van der Waals surface area (Å²) in [5.74, 6) is -0.426. The number of ether oxygens (including phenoxy) is 4. The van der Waals surface area contributed by atoms with Gasteiger partial charge in [0.2, 0.25) is 5.91 Å². The van der Waals surface area contributed by atoms with Gasteiger partial charge in [-0.15, -0.1) is 0 Å². The molecule has 3 aromatic rings. The van der Waals surface area contributed by atoms with Crippen molar-refractivity contribution in [2.45, 2.75) is 23.2 Å². The van der Waals surface area contributed by atoms with Gasteiger partial charge in [-0.1, -0.05) is 42.5 Å². The van der Waals surface area contributed by atoms with Crippen LogP contribution in [0.3, 0.4) is 0 Å². The molecular formula is C29H31NO7. The number of fused-ring (bicyclic) bond motifs is 3. The Bertz CT molecular complexity index is 1310. The summed E-state index contributed by atoms with van der Waals surface area (Å²) < 4.78 is 23.3. The van der Waals surface area contributed by atoms with Gasteiger partial charge in [0.05, 0.1) is 32.8 Å². The second-order valence-electron chi connectivity index (χ2n) is 9.63. The van der Waals surface area contributed by atoms with Gasteiger partial charge >= 0.3 is 0 Å². The number of hydrogen-bond donors (Lipinski definition) is 2. The van der Waals surface area contributed by atoms with Crippen LogP contribution in [0.5, 0.6) is 23.0 Å². The zero-order valence-corrected chi connectivity index (χ0v) is 21.5. The fraction of sp³-hybridized carbons (Fsp3) is 0.345. The lowest BCUT2D eigenvalue weighted by molar-refractivity contribution is -0.156. The summed E-state index contributed by atoms with van der Waals surface area (Å²) >= 11 is 0. The first kappa shape index (κ1) is 24.9. The second kappa shape index (κ2) is 8.97. The van der Waals surface area contributed by atoms with Gasteiger partial charge < -0.3 is 34.1 Å². The molecule has 1 amide bonds. The van der Waals surface area contributed by atoms with Gasteiger partial charge in [0.1, 0.15) is 29.1 Å². The molecule has 0 bridgehead atoms. The monoisotopic (exact) mass is 505 g/mol. The van der Waals surface area contributed by atoms with Crippen LogP contribution in [0.4, 0.5) is 0 Å². The molecule has 2 aliphatic rings. The summed E-state index contributed by atoms with van der Waals surface area (Å²) in [6, 6.07) is 19.8. The van der Waals surface area contributed by atoms with Crippen molar-refractivity contribution in [1.82, 2.24) is 4.90 Å². The van der Waals surface area contributed by atoms with Crippen LogP contribution in [-0.4, -0.2) is 62.5 Å². The van der Waals surface area contributed by atoms with E-state index in [1.54, 1.807) is 57.6 Å². The first-order valence-electron chi connectivity index (χ1n) is 12.0. The lowest BCUT2D eigenvalue weighted by atomic mass is 9.70. The number of aliphatic hydroxyl groups is 2. The van der Waals surface area contributed by atoms with Crippen LogP contribution in [0.2, 0.25) is 0 Å². The van der Waals surface area contributed by atoms with Crippen LogP contribution in [0.15, 0.2) is 66.7 Å². The number of amides is 1. The van der Waals surface area contributed by atoms with E-state index in [1.165, 1.54) is 19.1 Å². The van der Waals surface area contributed by atoms with Crippen LogP contribution in [-0.2, 0) is 16.0 Å². The molecule has 5 atom stereocenters. The van der Waals surface area contributed by atoms with Crippen molar-refractivity contribution < 1.29 is 34.0 Å². The van der Waals surface area contributed by atoms with Gasteiger partial charge in [-0.3, -0.25) is 4.79 Å². The normalized spacial score (nSPS) is 27.6. The smallest absolute Gasteiger partial charge is 0.228 e. The molecule has 1 heterocycles. The van der Waals surface area contributed by atoms with Crippen LogP contribution < -0.4 is 18.9 Å². The minimum atomic E-state index is -2.05. The van der Waals surface area contributed by atoms with Crippen molar-refractivity contribution >= 4 is 5.91 Å². The Labute approximate surface area is 216 Å². The van der Waals surface area contributed by atoms with Crippen molar-refractivity contribution in [2.24, 2.45) is 5.92 Å². The third-order valence-corrected chi connectivity index (χ3v) is 7.68. The summed E-state index contributed by atoms with van der Waals surface area (Å²) in [7, 11) is 7.84. The fourth-order valence-corrected chi connectivity index (χ4v) is 6.08. The number of benzene rings is 3. The van der Waals surface area contributed by atoms with Crippen LogP contribution >= 0.6 is 0 Å². The third-order valence-electron chi connectivity index (χ3n) is 7.68. The average Bonchev–Trinajstić information content (AvgIpc) is 3.30. The largest absolute Gasteiger partial charge is 0.497 e. The highest BCUT2D eigenvalue weighted by Gasteiger charge is 2.78. The molecule has 1 unspecified atom stereocenters. The van der Waals surface area contributed by atoms with Crippen molar-refractivity contribution in [1.29, 1.82) is 0 Å². The van der Waals surface area contributed by atoms with Crippen molar-refractivity contribution in [3.05, 3.63) is 83.4 Å². The zero-order chi connectivity index (χ0) is 26.5. The Morgan fingerprint density at radius 3 is 2.14 bits per heavy atom. The number of methoxy groups -OCH3 is 3. The summed E-state index contributed by atoms with van der Waals surface area (Å²) in [6.07, 6.45) is -1.53. The second-order valence-corrected chi connectivity index (χ2v) is 9.63. The molecule has 8 nitrogen and oxygen atoms in total. The molecule has 37 heavy (non-hydrogen) atoms. The lowest BCUT2D eigenvalue weighted by Gasteiger charge is -2.41. The molecule has 5 rings (SSSR count). The van der Waals surface area contributed by atoms with E-state index in [0.29, 0.717) is 22.8 Å². The summed E-state index contributed by atoms with van der Waals surface area (Å²) in [4.78, 5) is 15.1. The van der Waals surface area contributed by atoms with Gasteiger partial charge in [-0.2, -0.15) is 0 Å². The number of hydrogen-bond acceptors (Lipinski definition) is 7. The number of rotatable bonds is 6. The van der Waals surface area contributed by atoms with Gasteiger partial charge in [-0.25, -0.2) is 0 Å². The predicted octanol–water partition coefficient (Wildman–Crippen LogP) is 3.05. The highest BCUT2D eigenvalue weighted by atomic mass is 16.5. The van der Waals surface area contributed by atoms with Crippen LogP contribution in [0.25, 0.3) is 0 Å². The van der Waals surface area contributed by atoms with Gasteiger partial charge in [0, 0.05) is 32.1 Å². The van der Waals surface area contributed by atoms with Crippen LogP contribution in [0, 0.1) is 5.92 Å². The molecule has 194 valence electrons. The summed E-state index contributed by atoms with van der Waals surface area (Å²) in [5.41, 5.74) is -2.04. The van der Waals surface area contributed by atoms with E-state index >= 15 is 0 Å². The Morgan fingerprint density at radius 2 is 1.57 bits per heavy atom. The third kappa shape index (κ3) is 3.32. The number of carbonyl (C=O) groups excluding carboxylic acids is 1. The number of carbonyl (C=O) groups is 1. The molecule has 1 aliphatic carbocycles. The highest BCUT2D eigenvalue weighted by molar-refractivity contribution is 5.83. The average molecular weight is 506 g/mol. The number of nitrogens with zero attached hydrogens (tertiary/aromatic N) is 1. The van der Waals surface area contributed by atoms with E-state index in [4.69, 9.17) is 18.9 Å². The van der Waals surface area contributed by atoms with E-state index < -0.39 is 29.1 Å². The summed E-state index contributed by atoms with van der Waals surface area (Å²) in [5, 5.41) is 24.8. The Morgan fingerprint density at radius 1 is 0.919 bits per heavy atom. The van der Waals surface area contributed by atoms with E-state index in [9.17, 15) is 15.0 Å². The minimum Gasteiger partial charge on any atom is -0.497 e. The van der Waals surface area contributed by atoms with E-state index in [1.807, 2.05) is 30.3 Å². The van der Waals surface area contributed by atoms with Crippen molar-refractivity contribution in [3.8, 4) is 23.0 Å². The lowest BCUT2D eigenvalue weighted by Crippen LogP contribution is -2.52. The summed E-state index contributed by atoms with van der Waals surface area (Å²) in [6.45, 7) is 0. The first-order valence-corrected chi connectivity index (χ1v) is 12.0. The Balaban J connectivity index is 1.88. The van der Waals surface area contributed by atoms with Crippen LogP contribution in [0.1, 0.15) is 22.6 Å². The fourth-order valence-electron chi connectivity index (χ4n) is 6.08. The van der Waals surface area contributed by atoms with E-state index in [-0.39, 0.29) is 17.2 Å².